The minimum Gasteiger partial charge on any atom is -0.329 e. The molecule has 0 heterocycles. The predicted octanol–water partition coefficient (Wildman–Crippen LogP) is 3.38. The maximum atomic E-state index is 6.19. The van der Waals surface area contributed by atoms with Crippen molar-refractivity contribution in [1.82, 2.24) is 4.90 Å². The summed E-state index contributed by atoms with van der Waals surface area (Å²) in [6.45, 7) is 1.59. The Balaban J connectivity index is 1.83. The van der Waals surface area contributed by atoms with E-state index in [0.29, 0.717) is 6.54 Å². The fourth-order valence-corrected chi connectivity index (χ4v) is 3.70. The third-order valence-corrected chi connectivity index (χ3v) is 5.49. The molecule has 3 rings (SSSR count). The van der Waals surface area contributed by atoms with E-state index >= 15 is 0 Å². The van der Waals surface area contributed by atoms with E-state index in [1.807, 2.05) is 0 Å². The number of fused-ring (bicyclic) bond motifs is 1. The summed E-state index contributed by atoms with van der Waals surface area (Å²) >= 11 is 3.64. The van der Waals surface area contributed by atoms with Gasteiger partial charge in [0.1, 0.15) is 0 Å². The van der Waals surface area contributed by atoms with Gasteiger partial charge in [-0.25, -0.2) is 0 Å². The molecule has 0 fully saturated rings. The van der Waals surface area contributed by atoms with Crippen LogP contribution in [0.4, 0.5) is 0 Å². The van der Waals surface area contributed by atoms with E-state index in [9.17, 15) is 0 Å². The van der Waals surface area contributed by atoms with Crippen LogP contribution in [-0.4, -0.2) is 24.0 Å². The van der Waals surface area contributed by atoms with Crippen molar-refractivity contribution in [1.29, 1.82) is 0 Å². The van der Waals surface area contributed by atoms with Crippen LogP contribution in [0.25, 0.3) is 0 Å². The lowest BCUT2D eigenvalue weighted by Gasteiger charge is -2.38. The smallest absolute Gasteiger partial charge is 0.0412 e. The zero-order valence-electron chi connectivity index (χ0n) is 12.3. The highest BCUT2D eigenvalue weighted by Crippen LogP contribution is 2.34. The molecule has 1 aliphatic rings. The molecule has 3 heteroatoms. The van der Waals surface area contributed by atoms with Gasteiger partial charge in [0.05, 0.1) is 0 Å². The fraction of sp³-hybridized carbons (Fsp3) is 0.333. The average molecular weight is 345 g/mol. The number of likely N-dealkylation sites (N-methyl/N-ethyl adjacent to an activating group) is 1. The van der Waals surface area contributed by atoms with E-state index < -0.39 is 0 Å². The Morgan fingerprint density at radius 2 is 1.62 bits per heavy atom. The van der Waals surface area contributed by atoms with Crippen molar-refractivity contribution in [2.45, 2.75) is 24.9 Å². The van der Waals surface area contributed by atoms with Gasteiger partial charge >= 0.3 is 0 Å². The molecule has 0 aliphatic heterocycles. The van der Waals surface area contributed by atoms with E-state index in [2.05, 4.69) is 76.4 Å². The first-order valence-corrected chi connectivity index (χ1v) is 8.15. The summed E-state index contributed by atoms with van der Waals surface area (Å²) in [6, 6.07) is 17.1. The van der Waals surface area contributed by atoms with Crippen molar-refractivity contribution < 1.29 is 0 Å². The second-order valence-corrected chi connectivity index (χ2v) is 6.85. The van der Waals surface area contributed by atoms with E-state index in [1.54, 1.807) is 0 Å². The van der Waals surface area contributed by atoms with Crippen LogP contribution in [0, 0.1) is 0 Å². The first kappa shape index (κ1) is 14.8. The van der Waals surface area contributed by atoms with Crippen LogP contribution < -0.4 is 5.73 Å². The number of nitrogens with zero attached hydrogens (tertiary/aromatic N) is 1. The van der Waals surface area contributed by atoms with Gasteiger partial charge in [-0.05, 0) is 42.6 Å². The largest absolute Gasteiger partial charge is 0.329 e. The zero-order valence-corrected chi connectivity index (χ0v) is 13.9. The maximum absolute atomic E-state index is 6.19. The molecule has 0 aromatic heterocycles. The van der Waals surface area contributed by atoms with Gasteiger partial charge in [-0.15, -0.1) is 0 Å². The Labute approximate surface area is 135 Å². The summed E-state index contributed by atoms with van der Waals surface area (Å²) in [5.41, 5.74) is 10.4. The molecule has 0 radical (unpaired) electrons. The highest BCUT2D eigenvalue weighted by molar-refractivity contribution is 9.10. The highest BCUT2D eigenvalue weighted by Gasteiger charge is 2.39. The summed E-state index contributed by atoms with van der Waals surface area (Å²) < 4.78 is 1.17. The van der Waals surface area contributed by atoms with Crippen molar-refractivity contribution in [3.8, 4) is 0 Å². The Morgan fingerprint density at radius 3 is 2.19 bits per heavy atom. The van der Waals surface area contributed by atoms with Crippen LogP contribution in [0.1, 0.15) is 16.7 Å². The Morgan fingerprint density at radius 1 is 1.05 bits per heavy atom. The molecule has 21 heavy (non-hydrogen) atoms. The number of halogens is 1. The molecule has 1 aliphatic carbocycles. The molecule has 0 saturated carbocycles. The standard InChI is InChI=1S/C18H21BrN2/c1-21(12-16-8-4-5-9-17(16)19)18(13-20)10-14-6-2-3-7-15(14)11-18/h2-9H,10-13,20H2,1H3. The molecule has 0 spiro atoms. The van der Waals surface area contributed by atoms with Gasteiger partial charge in [-0.3, -0.25) is 4.90 Å². The van der Waals surface area contributed by atoms with Crippen LogP contribution in [-0.2, 0) is 19.4 Å². The summed E-state index contributed by atoms with van der Waals surface area (Å²) in [4.78, 5) is 2.42. The second-order valence-electron chi connectivity index (χ2n) is 6.00. The predicted molar refractivity (Wildman–Crippen MR) is 91.2 cm³/mol. The molecule has 2 N–H and O–H groups in total. The van der Waals surface area contributed by atoms with Crippen LogP contribution in [0.15, 0.2) is 53.0 Å². The number of hydrogen-bond acceptors (Lipinski definition) is 2. The monoisotopic (exact) mass is 344 g/mol. The van der Waals surface area contributed by atoms with Crippen LogP contribution in [0.2, 0.25) is 0 Å². The van der Waals surface area contributed by atoms with Gasteiger partial charge in [0, 0.05) is 23.1 Å². The van der Waals surface area contributed by atoms with Crippen molar-refractivity contribution in [3.05, 3.63) is 69.7 Å². The summed E-state index contributed by atoms with van der Waals surface area (Å²) in [6.07, 6.45) is 2.08. The quantitative estimate of drug-likeness (QED) is 0.921. The zero-order chi connectivity index (χ0) is 14.9. The minimum absolute atomic E-state index is 0.0406. The second kappa shape index (κ2) is 5.91. The normalized spacial score (nSPS) is 16.2. The molecule has 2 aromatic rings. The molecule has 2 aromatic carbocycles. The Kier molecular flexibility index (Phi) is 4.16. The van der Waals surface area contributed by atoms with E-state index in [4.69, 9.17) is 5.73 Å². The van der Waals surface area contributed by atoms with Crippen molar-refractivity contribution in [2.75, 3.05) is 13.6 Å². The number of rotatable bonds is 4. The molecule has 0 unspecified atom stereocenters. The van der Waals surface area contributed by atoms with Crippen LogP contribution in [0.5, 0.6) is 0 Å². The highest BCUT2D eigenvalue weighted by atomic mass is 79.9. The van der Waals surface area contributed by atoms with Gasteiger partial charge in [-0.2, -0.15) is 0 Å². The van der Waals surface area contributed by atoms with E-state index in [-0.39, 0.29) is 5.54 Å². The number of benzene rings is 2. The fourth-order valence-electron chi connectivity index (χ4n) is 3.29. The van der Waals surface area contributed by atoms with Gasteiger partial charge < -0.3 is 5.73 Å². The van der Waals surface area contributed by atoms with Gasteiger partial charge in [0.2, 0.25) is 0 Å². The molecule has 0 saturated heterocycles. The lowest BCUT2D eigenvalue weighted by molar-refractivity contribution is 0.127. The molecular weight excluding hydrogens is 324 g/mol. The van der Waals surface area contributed by atoms with Crippen LogP contribution >= 0.6 is 15.9 Å². The lowest BCUT2D eigenvalue weighted by atomic mass is 9.93. The van der Waals surface area contributed by atoms with Gasteiger partial charge in [-0.1, -0.05) is 58.4 Å². The van der Waals surface area contributed by atoms with Crippen LogP contribution in [0.3, 0.4) is 0 Å². The third kappa shape index (κ3) is 2.78. The maximum Gasteiger partial charge on any atom is 0.0412 e. The first-order valence-electron chi connectivity index (χ1n) is 7.36. The third-order valence-electron chi connectivity index (χ3n) is 4.71. The van der Waals surface area contributed by atoms with Crippen molar-refractivity contribution >= 4 is 15.9 Å². The average Bonchev–Trinajstić information content (AvgIpc) is 2.89. The molecule has 0 bridgehead atoms. The Hall–Kier alpha value is -1.16. The number of nitrogens with two attached hydrogens (primary N) is 1. The summed E-state index contributed by atoms with van der Waals surface area (Å²) in [5, 5.41) is 0. The topological polar surface area (TPSA) is 29.3 Å². The lowest BCUT2D eigenvalue weighted by Crippen LogP contribution is -2.52. The van der Waals surface area contributed by atoms with Gasteiger partial charge in [0.25, 0.3) is 0 Å². The molecule has 0 atom stereocenters. The van der Waals surface area contributed by atoms with E-state index in [0.717, 1.165) is 19.4 Å². The molecule has 110 valence electrons. The molecule has 2 nitrogen and oxygen atoms in total. The number of hydrogen-bond donors (Lipinski definition) is 1. The van der Waals surface area contributed by atoms with Crippen molar-refractivity contribution in [2.24, 2.45) is 5.73 Å². The van der Waals surface area contributed by atoms with E-state index in [1.165, 1.54) is 21.2 Å². The minimum atomic E-state index is 0.0406. The first-order chi connectivity index (χ1) is 10.1. The Bertz CT molecular complexity index is 614. The molecule has 0 amide bonds. The summed E-state index contributed by atoms with van der Waals surface area (Å²) in [7, 11) is 2.19. The SMILES string of the molecule is CN(Cc1ccccc1Br)C1(CN)Cc2ccccc2C1. The van der Waals surface area contributed by atoms with Gasteiger partial charge in [0.15, 0.2) is 0 Å². The molecular formula is C18H21BrN2. The summed E-state index contributed by atoms with van der Waals surface area (Å²) in [5.74, 6) is 0. The van der Waals surface area contributed by atoms with Crippen molar-refractivity contribution in [3.63, 3.8) is 0 Å².